The molecule has 0 fully saturated rings. The maximum Gasteiger partial charge on any atom is 0.133 e. The number of aliphatic hydroxyl groups excluding tert-OH is 1. The molecule has 0 atom stereocenters. The molecule has 0 saturated heterocycles. The van der Waals surface area contributed by atoms with Crippen molar-refractivity contribution in [3.63, 3.8) is 0 Å². The number of hydrogen-bond donors (Lipinski definition) is 2. The summed E-state index contributed by atoms with van der Waals surface area (Å²) in [5, 5.41) is 12.5. The highest BCUT2D eigenvalue weighted by Crippen LogP contribution is 2.25. The van der Waals surface area contributed by atoms with Gasteiger partial charge in [-0.1, -0.05) is 19.9 Å². The van der Waals surface area contributed by atoms with E-state index < -0.39 is 0 Å². The van der Waals surface area contributed by atoms with Crippen LogP contribution in [0, 0.1) is 5.41 Å². The topological polar surface area (TPSA) is 41.5 Å². The molecule has 18 heavy (non-hydrogen) atoms. The summed E-state index contributed by atoms with van der Waals surface area (Å²) in [5.41, 5.74) is 1.21. The Morgan fingerprint density at radius 3 is 2.67 bits per heavy atom. The van der Waals surface area contributed by atoms with E-state index in [1.165, 1.54) is 5.56 Å². The molecule has 3 nitrogen and oxygen atoms in total. The number of ether oxygens (including phenoxy) is 1. The molecule has 0 aliphatic carbocycles. The van der Waals surface area contributed by atoms with E-state index >= 15 is 0 Å². The van der Waals surface area contributed by atoms with Gasteiger partial charge in [-0.15, -0.1) is 0 Å². The van der Waals surface area contributed by atoms with Crippen LogP contribution in [0.25, 0.3) is 0 Å². The van der Waals surface area contributed by atoms with Crippen LogP contribution in [0.4, 0.5) is 0 Å². The smallest absolute Gasteiger partial charge is 0.133 e. The van der Waals surface area contributed by atoms with E-state index in [2.05, 4.69) is 33.4 Å². The lowest BCUT2D eigenvalue weighted by Gasteiger charge is -2.21. The number of hydrogen-bond acceptors (Lipinski definition) is 3. The summed E-state index contributed by atoms with van der Waals surface area (Å²) in [6.07, 6.45) is 0.962. The monoisotopic (exact) mass is 315 g/mol. The molecule has 102 valence electrons. The van der Waals surface area contributed by atoms with Gasteiger partial charge < -0.3 is 15.2 Å². The Kier molecular flexibility index (Phi) is 6.12. The molecule has 0 spiro atoms. The molecule has 0 radical (unpaired) electrons. The first-order valence-electron chi connectivity index (χ1n) is 6.12. The van der Waals surface area contributed by atoms with Crippen LogP contribution in [-0.2, 0) is 6.42 Å². The summed E-state index contributed by atoms with van der Waals surface area (Å²) in [5.74, 6) is 0.855. The third-order valence-corrected chi connectivity index (χ3v) is 3.46. The summed E-state index contributed by atoms with van der Waals surface area (Å²) in [6, 6.07) is 6.12. The summed E-state index contributed by atoms with van der Waals surface area (Å²) in [7, 11) is 1.66. The van der Waals surface area contributed by atoms with Gasteiger partial charge in [-0.3, -0.25) is 0 Å². The van der Waals surface area contributed by atoms with Crippen molar-refractivity contribution in [3.8, 4) is 5.75 Å². The van der Waals surface area contributed by atoms with Crippen molar-refractivity contribution in [3.05, 3.63) is 28.2 Å². The minimum atomic E-state index is -0.0551. The van der Waals surface area contributed by atoms with Gasteiger partial charge in [0, 0.05) is 18.6 Å². The van der Waals surface area contributed by atoms with Gasteiger partial charge in [0.1, 0.15) is 5.75 Å². The maximum atomic E-state index is 9.14. The van der Waals surface area contributed by atoms with Crippen LogP contribution in [0.5, 0.6) is 5.75 Å². The van der Waals surface area contributed by atoms with E-state index in [-0.39, 0.29) is 12.0 Å². The summed E-state index contributed by atoms with van der Waals surface area (Å²) in [6.45, 7) is 6.02. The van der Waals surface area contributed by atoms with Crippen LogP contribution in [0.3, 0.4) is 0 Å². The second-order valence-corrected chi connectivity index (χ2v) is 6.07. The number of nitrogens with one attached hydrogen (secondary N) is 1. The Balaban J connectivity index is 2.38. The maximum absolute atomic E-state index is 9.14. The first-order valence-corrected chi connectivity index (χ1v) is 6.92. The van der Waals surface area contributed by atoms with Gasteiger partial charge in [0.25, 0.3) is 0 Å². The van der Waals surface area contributed by atoms with Gasteiger partial charge in [-0.25, -0.2) is 0 Å². The minimum Gasteiger partial charge on any atom is -0.496 e. The van der Waals surface area contributed by atoms with E-state index in [1.54, 1.807) is 7.11 Å². The average molecular weight is 316 g/mol. The number of rotatable bonds is 7. The number of aliphatic hydroxyl groups is 1. The minimum absolute atomic E-state index is 0.0551. The van der Waals surface area contributed by atoms with E-state index in [1.807, 2.05) is 19.9 Å². The van der Waals surface area contributed by atoms with Crippen LogP contribution in [-0.4, -0.2) is 31.9 Å². The third kappa shape index (κ3) is 4.96. The van der Waals surface area contributed by atoms with Crippen LogP contribution in [0.1, 0.15) is 19.4 Å². The lowest BCUT2D eigenvalue weighted by atomic mass is 9.95. The van der Waals surface area contributed by atoms with Crippen molar-refractivity contribution in [1.29, 1.82) is 0 Å². The van der Waals surface area contributed by atoms with Crippen molar-refractivity contribution in [2.45, 2.75) is 20.3 Å². The third-order valence-electron chi connectivity index (χ3n) is 2.84. The summed E-state index contributed by atoms with van der Waals surface area (Å²) >= 11 is 3.48. The quantitative estimate of drug-likeness (QED) is 0.760. The van der Waals surface area contributed by atoms with Gasteiger partial charge in [-0.05, 0) is 46.6 Å². The van der Waals surface area contributed by atoms with Gasteiger partial charge >= 0.3 is 0 Å². The molecule has 1 aromatic rings. The SMILES string of the molecule is COc1ccc(CCNCC(C)(C)CO)cc1Br. The predicted molar refractivity (Wildman–Crippen MR) is 78.1 cm³/mol. The molecule has 0 aliphatic rings. The molecule has 2 N–H and O–H groups in total. The Bertz CT molecular complexity index is 380. The summed E-state index contributed by atoms with van der Waals surface area (Å²) < 4.78 is 6.18. The van der Waals surface area contributed by atoms with Crippen molar-refractivity contribution in [1.82, 2.24) is 5.32 Å². The van der Waals surface area contributed by atoms with Crippen LogP contribution >= 0.6 is 15.9 Å². The first kappa shape index (κ1) is 15.5. The highest BCUT2D eigenvalue weighted by molar-refractivity contribution is 9.10. The lowest BCUT2D eigenvalue weighted by Crippen LogP contribution is -2.33. The Hall–Kier alpha value is -0.580. The van der Waals surface area contributed by atoms with E-state index in [0.29, 0.717) is 0 Å². The number of methoxy groups -OCH3 is 1. The normalized spacial score (nSPS) is 11.6. The first-order chi connectivity index (χ1) is 8.48. The van der Waals surface area contributed by atoms with Gasteiger partial charge in [-0.2, -0.15) is 0 Å². The van der Waals surface area contributed by atoms with Gasteiger partial charge in [0.05, 0.1) is 11.6 Å². The Morgan fingerprint density at radius 1 is 1.39 bits per heavy atom. The van der Waals surface area contributed by atoms with E-state index in [0.717, 1.165) is 29.7 Å². The Morgan fingerprint density at radius 2 is 2.11 bits per heavy atom. The second-order valence-electron chi connectivity index (χ2n) is 5.22. The van der Waals surface area contributed by atoms with E-state index in [9.17, 15) is 0 Å². The molecule has 0 amide bonds. The fraction of sp³-hybridized carbons (Fsp3) is 0.571. The largest absolute Gasteiger partial charge is 0.496 e. The molecule has 0 bridgehead atoms. The molecule has 0 unspecified atom stereocenters. The van der Waals surface area contributed by atoms with Crippen LogP contribution in [0.2, 0.25) is 0 Å². The van der Waals surface area contributed by atoms with E-state index in [4.69, 9.17) is 9.84 Å². The molecule has 1 aromatic carbocycles. The zero-order valence-corrected chi connectivity index (χ0v) is 12.9. The van der Waals surface area contributed by atoms with Crippen molar-refractivity contribution in [2.75, 3.05) is 26.8 Å². The molecule has 1 rings (SSSR count). The second kappa shape index (κ2) is 7.12. The standard InChI is InChI=1S/C14H22BrNO2/c1-14(2,10-17)9-16-7-6-11-4-5-13(18-3)12(15)8-11/h4-5,8,16-17H,6-7,9-10H2,1-3H3. The van der Waals surface area contributed by atoms with Crippen molar-refractivity contribution >= 4 is 15.9 Å². The molecule has 0 heterocycles. The molecular formula is C14H22BrNO2. The Labute approximate surface area is 118 Å². The van der Waals surface area contributed by atoms with Gasteiger partial charge in [0.2, 0.25) is 0 Å². The average Bonchev–Trinajstić information content (AvgIpc) is 2.35. The highest BCUT2D eigenvalue weighted by atomic mass is 79.9. The van der Waals surface area contributed by atoms with Crippen LogP contribution < -0.4 is 10.1 Å². The van der Waals surface area contributed by atoms with Crippen molar-refractivity contribution < 1.29 is 9.84 Å². The number of halogens is 1. The zero-order valence-electron chi connectivity index (χ0n) is 11.3. The van der Waals surface area contributed by atoms with Crippen LogP contribution in [0.15, 0.2) is 22.7 Å². The van der Waals surface area contributed by atoms with Crippen molar-refractivity contribution in [2.24, 2.45) is 5.41 Å². The zero-order chi connectivity index (χ0) is 13.6. The summed E-state index contributed by atoms with van der Waals surface area (Å²) in [4.78, 5) is 0. The predicted octanol–water partition coefficient (Wildman–Crippen LogP) is 2.61. The molecule has 4 heteroatoms. The fourth-order valence-electron chi connectivity index (χ4n) is 1.58. The molecule has 0 aliphatic heterocycles. The fourth-order valence-corrected chi connectivity index (χ4v) is 2.17. The number of benzene rings is 1. The lowest BCUT2D eigenvalue weighted by molar-refractivity contribution is 0.157. The van der Waals surface area contributed by atoms with Gasteiger partial charge in [0.15, 0.2) is 0 Å². The molecular weight excluding hydrogens is 294 g/mol. The molecule has 0 saturated carbocycles. The molecule has 0 aromatic heterocycles. The highest BCUT2D eigenvalue weighted by Gasteiger charge is 2.15.